The van der Waals surface area contributed by atoms with Gasteiger partial charge in [0.2, 0.25) is 0 Å². The summed E-state index contributed by atoms with van der Waals surface area (Å²) in [6.45, 7) is 4.29. The van der Waals surface area contributed by atoms with Crippen LogP contribution in [-0.2, 0) is 6.42 Å². The van der Waals surface area contributed by atoms with Crippen LogP contribution in [0.3, 0.4) is 0 Å². The average molecular weight is 226 g/mol. The first-order valence-electron chi connectivity index (χ1n) is 5.91. The van der Waals surface area contributed by atoms with Gasteiger partial charge in [-0.2, -0.15) is 0 Å². The normalized spacial score (nSPS) is 10.2. The molecular formula is C15H18N2. The van der Waals surface area contributed by atoms with Gasteiger partial charge in [-0.05, 0) is 48.7 Å². The van der Waals surface area contributed by atoms with Crippen molar-refractivity contribution in [2.75, 3.05) is 11.1 Å². The maximum Gasteiger partial charge on any atom is 0.0446 e. The lowest BCUT2D eigenvalue weighted by Gasteiger charge is -2.14. The molecule has 0 saturated carbocycles. The molecule has 2 heteroatoms. The fourth-order valence-corrected chi connectivity index (χ4v) is 1.91. The molecule has 17 heavy (non-hydrogen) atoms. The molecule has 0 radical (unpaired) electrons. The number of rotatable bonds is 3. The minimum absolute atomic E-state index is 0.788. The molecule has 0 aliphatic heterocycles. The van der Waals surface area contributed by atoms with Gasteiger partial charge in [-0.1, -0.05) is 25.1 Å². The minimum Gasteiger partial charge on any atom is -0.399 e. The van der Waals surface area contributed by atoms with Gasteiger partial charge in [0.15, 0.2) is 0 Å². The Kier molecular flexibility index (Phi) is 3.33. The van der Waals surface area contributed by atoms with Gasteiger partial charge in [-0.3, -0.25) is 0 Å². The van der Waals surface area contributed by atoms with Crippen LogP contribution in [0.25, 0.3) is 0 Å². The third-order valence-electron chi connectivity index (χ3n) is 2.92. The Hall–Kier alpha value is -1.96. The predicted octanol–water partition coefficient (Wildman–Crippen LogP) is 3.88. The number of aryl methyl sites for hydroxylation is 2. The molecule has 0 aromatic heterocycles. The molecule has 0 fully saturated rings. The molecule has 0 heterocycles. The quantitative estimate of drug-likeness (QED) is 0.779. The van der Waals surface area contributed by atoms with E-state index >= 15 is 0 Å². The van der Waals surface area contributed by atoms with Crippen molar-refractivity contribution in [1.29, 1.82) is 0 Å². The van der Waals surface area contributed by atoms with E-state index < -0.39 is 0 Å². The highest BCUT2D eigenvalue weighted by Crippen LogP contribution is 2.25. The molecule has 0 saturated heterocycles. The topological polar surface area (TPSA) is 38.0 Å². The summed E-state index contributed by atoms with van der Waals surface area (Å²) in [5.41, 5.74) is 11.3. The van der Waals surface area contributed by atoms with Crippen LogP contribution in [0.4, 0.5) is 17.1 Å². The summed E-state index contributed by atoms with van der Waals surface area (Å²) >= 11 is 0. The van der Waals surface area contributed by atoms with Crippen molar-refractivity contribution >= 4 is 17.1 Å². The molecule has 3 N–H and O–H groups in total. The first-order valence-corrected chi connectivity index (χ1v) is 5.91. The van der Waals surface area contributed by atoms with Crippen molar-refractivity contribution in [2.45, 2.75) is 20.3 Å². The highest BCUT2D eigenvalue weighted by molar-refractivity contribution is 5.67. The van der Waals surface area contributed by atoms with Crippen molar-refractivity contribution < 1.29 is 0 Å². The van der Waals surface area contributed by atoms with Crippen LogP contribution in [0.15, 0.2) is 42.5 Å². The van der Waals surface area contributed by atoms with E-state index in [1.165, 1.54) is 16.8 Å². The summed E-state index contributed by atoms with van der Waals surface area (Å²) in [7, 11) is 0. The predicted molar refractivity (Wildman–Crippen MR) is 74.7 cm³/mol. The van der Waals surface area contributed by atoms with Gasteiger partial charge in [0.25, 0.3) is 0 Å². The molecule has 0 spiro atoms. The molecule has 2 rings (SSSR count). The van der Waals surface area contributed by atoms with Crippen LogP contribution < -0.4 is 11.1 Å². The zero-order valence-electron chi connectivity index (χ0n) is 10.3. The molecule has 0 bridgehead atoms. The van der Waals surface area contributed by atoms with E-state index in [9.17, 15) is 0 Å². The SMILES string of the molecule is CCc1cccc(C)c1Nc1ccc(N)cc1. The molecule has 0 atom stereocenters. The average Bonchev–Trinajstić information content (AvgIpc) is 2.34. The molecule has 0 amide bonds. The van der Waals surface area contributed by atoms with E-state index in [1.54, 1.807) is 0 Å². The first kappa shape index (κ1) is 11.5. The number of nitrogens with two attached hydrogens (primary N) is 1. The number of nitrogen functional groups attached to an aromatic ring is 1. The monoisotopic (exact) mass is 226 g/mol. The van der Waals surface area contributed by atoms with Gasteiger partial charge in [0.05, 0.1) is 0 Å². The fourth-order valence-electron chi connectivity index (χ4n) is 1.91. The number of anilines is 3. The number of nitrogens with one attached hydrogen (secondary N) is 1. The van der Waals surface area contributed by atoms with Gasteiger partial charge in [-0.15, -0.1) is 0 Å². The van der Waals surface area contributed by atoms with E-state index in [2.05, 4.69) is 37.4 Å². The molecule has 0 unspecified atom stereocenters. The molecular weight excluding hydrogens is 208 g/mol. The first-order chi connectivity index (χ1) is 8.20. The summed E-state index contributed by atoms with van der Waals surface area (Å²) in [5, 5.41) is 3.46. The van der Waals surface area contributed by atoms with Crippen molar-refractivity contribution in [3.63, 3.8) is 0 Å². The highest BCUT2D eigenvalue weighted by atomic mass is 14.9. The van der Waals surface area contributed by atoms with Gasteiger partial charge < -0.3 is 11.1 Å². The van der Waals surface area contributed by atoms with Crippen LogP contribution >= 0.6 is 0 Å². The summed E-state index contributed by atoms with van der Waals surface area (Å²) in [5.74, 6) is 0. The Morgan fingerprint density at radius 3 is 2.41 bits per heavy atom. The van der Waals surface area contributed by atoms with E-state index in [0.29, 0.717) is 0 Å². The fraction of sp³-hybridized carbons (Fsp3) is 0.200. The molecule has 88 valence electrons. The number of hydrogen-bond donors (Lipinski definition) is 2. The zero-order chi connectivity index (χ0) is 12.3. The summed E-state index contributed by atoms with van der Waals surface area (Å²) in [6, 6.07) is 14.2. The standard InChI is InChI=1S/C15H18N2/c1-3-12-6-4-5-11(2)15(12)17-14-9-7-13(16)8-10-14/h4-10,17H,3,16H2,1-2H3. The Morgan fingerprint density at radius 1 is 1.06 bits per heavy atom. The van der Waals surface area contributed by atoms with E-state index in [1.807, 2.05) is 24.3 Å². The zero-order valence-corrected chi connectivity index (χ0v) is 10.3. The second-order valence-corrected chi connectivity index (χ2v) is 4.21. The van der Waals surface area contributed by atoms with E-state index in [-0.39, 0.29) is 0 Å². The van der Waals surface area contributed by atoms with Crippen LogP contribution in [0.1, 0.15) is 18.1 Å². The lowest BCUT2D eigenvalue weighted by molar-refractivity contribution is 1.13. The van der Waals surface area contributed by atoms with Crippen molar-refractivity contribution in [1.82, 2.24) is 0 Å². The molecule has 2 nitrogen and oxygen atoms in total. The summed E-state index contributed by atoms with van der Waals surface area (Å²) in [6.07, 6.45) is 1.03. The van der Waals surface area contributed by atoms with Crippen molar-refractivity contribution in [3.8, 4) is 0 Å². The molecule has 2 aromatic carbocycles. The van der Waals surface area contributed by atoms with Gasteiger partial charge >= 0.3 is 0 Å². The maximum absolute atomic E-state index is 5.68. The molecule has 0 aliphatic carbocycles. The van der Waals surface area contributed by atoms with E-state index in [4.69, 9.17) is 5.73 Å². The lowest BCUT2D eigenvalue weighted by Crippen LogP contribution is -1.98. The third-order valence-corrected chi connectivity index (χ3v) is 2.92. The number of benzene rings is 2. The van der Waals surface area contributed by atoms with Crippen molar-refractivity contribution in [2.24, 2.45) is 0 Å². The third kappa shape index (κ3) is 2.59. The summed E-state index contributed by atoms with van der Waals surface area (Å²) in [4.78, 5) is 0. The van der Waals surface area contributed by atoms with Crippen LogP contribution in [-0.4, -0.2) is 0 Å². The smallest absolute Gasteiger partial charge is 0.0446 e. The minimum atomic E-state index is 0.788. The second kappa shape index (κ2) is 4.91. The Morgan fingerprint density at radius 2 is 1.76 bits per heavy atom. The number of hydrogen-bond acceptors (Lipinski definition) is 2. The lowest BCUT2D eigenvalue weighted by atomic mass is 10.1. The second-order valence-electron chi connectivity index (χ2n) is 4.21. The molecule has 0 aliphatic rings. The molecule has 2 aromatic rings. The summed E-state index contributed by atoms with van der Waals surface area (Å²) < 4.78 is 0. The van der Waals surface area contributed by atoms with Gasteiger partial charge in [0.1, 0.15) is 0 Å². The van der Waals surface area contributed by atoms with Crippen molar-refractivity contribution in [3.05, 3.63) is 53.6 Å². The Bertz CT molecular complexity index is 501. The Balaban J connectivity index is 2.32. The van der Waals surface area contributed by atoms with Crippen LogP contribution in [0, 0.1) is 6.92 Å². The van der Waals surface area contributed by atoms with E-state index in [0.717, 1.165) is 17.8 Å². The number of para-hydroxylation sites is 1. The van der Waals surface area contributed by atoms with Gasteiger partial charge in [-0.25, -0.2) is 0 Å². The van der Waals surface area contributed by atoms with Gasteiger partial charge in [0, 0.05) is 17.1 Å². The highest BCUT2D eigenvalue weighted by Gasteiger charge is 2.03. The largest absolute Gasteiger partial charge is 0.399 e. The van der Waals surface area contributed by atoms with Crippen LogP contribution in [0.5, 0.6) is 0 Å². The Labute approximate surface area is 102 Å². The maximum atomic E-state index is 5.68. The van der Waals surface area contributed by atoms with Crippen LogP contribution in [0.2, 0.25) is 0 Å².